The van der Waals surface area contributed by atoms with Crippen LogP contribution in [0.4, 0.5) is 5.13 Å². The second kappa shape index (κ2) is 11.2. The fourth-order valence-electron chi connectivity index (χ4n) is 3.27. The number of anilines is 1. The van der Waals surface area contributed by atoms with Crippen LogP contribution in [0.5, 0.6) is 5.75 Å². The zero-order valence-electron chi connectivity index (χ0n) is 18.3. The maximum atomic E-state index is 12.4. The quantitative estimate of drug-likeness (QED) is 0.361. The fourth-order valence-corrected chi connectivity index (χ4v) is 3.98. The average Bonchev–Trinajstić information content (AvgIpc) is 3.53. The van der Waals surface area contributed by atoms with E-state index in [1.807, 2.05) is 53.4 Å². The summed E-state index contributed by atoms with van der Waals surface area (Å²) in [5, 5.41) is 3.69. The minimum Gasteiger partial charge on any atom is -0.497 e. The topological polar surface area (TPSA) is 93.4 Å². The number of pyridine rings is 1. The van der Waals surface area contributed by atoms with Gasteiger partial charge in [-0.15, -0.1) is 0 Å². The highest BCUT2D eigenvalue weighted by Gasteiger charge is 2.16. The Hall–Kier alpha value is -3.72. The molecular formula is C24H25N5O3S. The predicted molar refractivity (Wildman–Crippen MR) is 126 cm³/mol. The van der Waals surface area contributed by atoms with E-state index >= 15 is 0 Å². The van der Waals surface area contributed by atoms with Crippen LogP contribution in [0.15, 0.2) is 71.6 Å². The van der Waals surface area contributed by atoms with Crippen molar-refractivity contribution in [3.63, 3.8) is 0 Å². The van der Waals surface area contributed by atoms with Crippen molar-refractivity contribution in [2.75, 3.05) is 18.6 Å². The molecule has 0 saturated carbocycles. The number of aromatic nitrogens is 3. The van der Waals surface area contributed by atoms with Gasteiger partial charge in [0.2, 0.25) is 11.0 Å². The van der Waals surface area contributed by atoms with Crippen LogP contribution >= 0.6 is 11.5 Å². The van der Waals surface area contributed by atoms with Crippen molar-refractivity contribution in [1.82, 2.24) is 19.7 Å². The number of amides is 1. The summed E-state index contributed by atoms with van der Waals surface area (Å²) in [5.41, 5.74) is 2.04. The number of furan rings is 1. The highest BCUT2D eigenvalue weighted by Crippen LogP contribution is 2.23. The van der Waals surface area contributed by atoms with Gasteiger partial charge >= 0.3 is 0 Å². The number of carbonyl (C=O) groups is 1. The molecule has 170 valence electrons. The molecule has 33 heavy (non-hydrogen) atoms. The van der Waals surface area contributed by atoms with Crippen molar-refractivity contribution in [2.45, 2.75) is 25.9 Å². The number of ether oxygens (including phenoxy) is 1. The Morgan fingerprint density at radius 1 is 1.18 bits per heavy atom. The van der Waals surface area contributed by atoms with E-state index < -0.39 is 0 Å². The van der Waals surface area contributed by atoms with Gasteiger partial charge in [-0.05, 0) is 41.5 Å². The lowest BCUT2D eigenvalue weighted by Gasteiger charge is -2.20. The summed E-state index contributed by atoms with van der Waals surface area (Å²) in [6.07, 6.45) is 6.03. The number of rotatable bonds is 11. The van der Waals surface area contributed by atoms with Crippen molar-refractivity contribution in [3.05, 3.63) is 89.9 Å². The molecular weight excluding hydrogens is 438 g/mol. The number of hydrogen-bond acceptors (Lipinski definition) is 8. The molecule has 1 amide bonds. The third kappa shape index (κ3) is 6.63. The molecule has 1 N–H and O–H groups in total. The molecule has 4 rings (SSSR count). The zero-order valence-corrected chi connectivity index (χ0v) is 19.1. The molecule has 0 aliphatic rings. The molecule has 0 unspecified atom stereocenters. The number of nitrogens with one attached hydrogen (secondary N) is 1. The van der Waals surface area contributed by atoms with E-state index in [9.17, 15) is 4.79 Å². The molecule has 3 aromatic heterocycles. The largest absolute Gasteiger partial charge is 0.497 e. The normalized spacial score (nSPS) is 10.7. The van der Waals surface area contributed by atoms with Gasteiger partial charge in [0.05, 0.1) is 19.9 Å². The smallest absolute Gasteiger partial charge is 0.222 e. The number of methoxy groups -OCH3 is 1. The van der Waals surface area contributed by atoms with Crippen LogP contribution in [0.1, 0.15) is 29.1 Å². The van der Waals surface area contributed by atoms with E-state index in [-0.39, 0.29) is 5.91 Å². The van der Waals surface area contributed by atoms with Gasteiger partial charge in [-0.1, -0.05) is 18.2 Å². The second-order valence-corrected chi connectivity index (χ2v) is 8.14. The van der Waals surface area contributed by atoms with Crippen LogP contribution in [-0.4, -0.2) is 33.9 Å². The number of nitrogens with zero attached hydrogens (tertiary/aromatic N) is 4. The van der Waals surface area contributed by atoms with Crippen molar-refractivity contribution in [2.24, 2.45) is 0 Å². The Kier molecular flexibility index (Phi) is 7.65. The lowest BCUT2D eigenvalue weighted by atomic mass is 10.1. The summed E-state index contributed by atoms with van der Waals surface area (Å²) in [6.45, 7) is 1.46. The number of carbonyl (C=O) groups excluding carboxylic acids is 1. The Bertz CT molecular complexity index is 1150. The Morgan fingerprint density at radius 2 is 2.09 bits per heavy atom. The standard InChI is InChI=1S/C24H25N5O3S/c1-31-20-7-2-5-18(13-20)14-22-27-24(33-28-22)29(17-21-8-4-12-32-21)11-9-23(30)26-16-19-6-3-10-25-15-19/h2-8,10,12-13,15H,9,11,14,16-17H2,1H3,(H,26,30). The minimum absolute atomic E-state index is 0.0376. The highest BCUT2D eigenvalue weighted by molar-refractivity contribution is 7.09. The minimum atomic E-state index is -0.0376. The predicted octanol–water partition coefficient (Wildman–Crippen LogP) is 3.84. The monoisotopic (exact) mass is 463 g/mol. The van der Waals surface area contributed by atoms with Crippen molar-refractivity contribution in [3.8, 4) is 5.75 Å². The van der Waals surface area contributed by atoms with Crippen LogP contribution in [0.3, 0.4) is 0 Å². The Balaban J connectivity index is 1.39. The van der Waals surface area contributed by atoms with Crippen LogP contribution in [0.25, 0.3) is 0 Å². The molecule has 0 radical (unpaired) electrons. The first-order chi connectivity index (χ1) is 16.2. The van der Waals surface area contributed by atoms with E-state index in [1.165, 1.54) is 11.5 Å². The van der Waals surface area contributed by atoms with E-state index in [1.54, 1.807) is 25.8 Å². The number of benzene rings is 1. The summed E-state index contributed by atoms with van der Waals surface area (Å²) < 4.78 is 15.3. The highest BCUT2D eigenvalue weighted by atomic mass is 32.1. The van der Waals surface area contributed by atoms with E-state index in [2.05, 4.69) is 14.7 Å². The van der Waals surface area contributed by atoms with E-state index in [4.69, 9.17) is 14.1 Å². The first-order valence-corrected chi connectivity index (χ1v) is 11.4. The molecule has 8 nitrogen and oxygen atoms in total. The first-order valence-electron chi connectivity index (χ1n) is 10.6. The average molecular weight is 464 g/mol. The summed E-state index contributed by atoms with van der Waals surface area (Å²) >= 11 is 1.32. The van der Waals surface area contributed by atoms with E-state index in [0.29, 0.717) is 32.5 Å². The van der Waals surface area contributed by atoms with Gasteiger partial charge in [0, 0.05) is 49.9 Å². The third-order valence-electron chi connectivity index (χ3n) is 4.97. The first kappa shape index (κ1) is 22.5. The van der Waals surface area contributed by atoms with Gasteiger partial charge in [0.15, 0.2) is 0 Å². The maximum absolute atomic E-state index is 12.4. The molecule has 0 saturated heterocycles. The Morgan fingerprint density at radius 3 is 2.88 bits per heavy atom. The third-order valence-corrected chi connectivity index (χ3v) is 5.79. The van der Waals surface area contributed by atoms with Crippen LogP contribution in [0, 0.1) is 0 Å². The molecule has 9 heteroatoms. The molecule has 4 aromatic rings. The summed E-state index contributed by atoms with van der Waals surface area (Å²) in [6, 6.07) is 15.4. The molecule has 0 spiro atoms. The number of hydrogen-bond donors (Lipinski definition) is 1. The second-order valence-electron chi connectivity index (χ2n) is 7.41. The van der Waals surface area contributed by atoms with Crippen molar-refractivity contribution >= 4 is 22.6 Å². The lowest BCUT2D eigenvalue weighted by molar-refractivity contribution is -0.121. The summed E-state index contributed by atoms with van der Waals surface area (Å²) in [4.78, 5) is 23.3. The molecule has 1 aromatic carbocycles. The van der Waals surface area contributed by atoms with Crippen molar-refractivity contribution < 1.29 is 13.9 Å². The zero-order chi connectivity index (χ0) is 22.9. The maximum Gasteiger partial charge on any atom is 0.222 e. The van der Waals surface area contributed by atoms with Gasteiger partial charge in [-0.25, -0.2) is 4.98 Å². The van der Waals surface area contributed by atoms with Crippen LogP contribution < -0.4 is 15.0 Å². The SMILES string of the molecule is COc1cccc(Cc2nsc(N(CCC(=O)NCc3cccnc3)Cc3ccco3)n2)c1. The van der Waals surface area contributed by atoms with Crippen molar-refractivity contribution in [1.29, 1.82) is 0 Å². The molecule has 0 bridgehead atoms. The lowest BCUT2D eigenvalue weighted by Crippen LogP contribution is -2.30. The molecule has 0 aliphatic carbocycles. The van der Waals surface area contributed by atoms with E-state index in [0.717, 1.165) is 33.6 Å². The van der Waals surface area contributed by atoms with Gasteiger partial charge in [0.25, 0.3) is 0 Å². The molecule has 3 heterocycles. The summed E-state index contributed by atoms with van der Waals surface area (Å²) in [7, 11) is 1.65. The van der Waals surface area contributed by atoms with Crippen LogP contribution in [0.2, 0.25) is 0 Å². The molecule has 0 aliphatic heterocycles. The van der Waals surface area contributed by atoms with Gasteiger partial charge in [0.1, 0.15) is 17.3 Å². The van der Waals surface area contributed by atoms with Crippen LogP contribution in [-0.2, 0) is 24.3 Å². The fraction of sp³-hybridized carbons (Fsp3) is 0.250. The van der Waals surface area contributed by atoms with Gasteiger partial charge < -0.3 is 19.4 Å². The summed E-state index contributed by atoms with van der Waals surface area (Å²) in [5.74, 6) is 2.30. The van der Waals surface area contributed by atoms with Gasteiger partial charge in [-0.3, -0.25) is 9.78 Å². The van der Waals surface area contributed by atoms with Gasteiger partial charge in [-0.2, -0.15) is 4.37 Å². The molecule has 0 fully saturated rings. The Labute approximate surface area is 196 Å². The molecule has 0 atom stereocenters.